The van der Waals surface area contributed by atoms with Gasteiger partial charge in [-0.05, 0) is 51.8 Å². The minimum Gasteiger partial charge on any atom is -0.295 e. The molecule has 15 heavy (non-hydrogen) atoms. The third kappa shape index (κ3) is 2.05. The molecule has 2 nitrogen and oxygen atoms in total. The van der Waals surface area contributed by atoms with Crippen molar-refractivity contribution < 1.29 is 0 Å². The smallest absolute Gasteiger partial charge is 0.0607 e. The number of pyridine rings is 1. The van der Waals surface area contributed by atoms with Crippen molar-refractivity contribution in [2.45, 2.75) is 45.2 Å². The number of nitrogens with zero attached hydrogens (tertiary/aromatic N) is 2. The van der Waals surface area contributed by atoms with Gasteiger partial charge in [-0.15, -0.1) is 0 Å². The van der Waals surface area contributed by atoms with Crippen molar-refractivity contribution in [1.29, 1.82) is 0 Å². The SMILES string of the molecule is CC(C)N(C)C1CCCc2cccnc21. The molecule has 0 fully saturated rings. The lowest BCUT2D eigenvalue weighted by atomic mass is 9.90. The van der Waals surface area contributed by atoms with Gasteiger partial charge in [0, 0.05) is 12.2 Å². The van der Waals surface area contributed by atoms with Crippen LogP contribution in [0.4, 0.5) is 0 Å². The largest absolute Gasteiger partial charge is 0.295 e. The summed E-state index contributed by atoms with van der Waals surface area (Å²) in [7, 11) is 2.21. The zero-order chi connectivity index (χ0) is 10.8. The van der Waals surface area contributed by atoms with Crippen LogP contribution >= 0.6 is 0 Å². The van der Waals surface area contributed by atoms with E-state index in [0.29, 0.717) is 12.1 Å². The molecule has 0 saturated carbocycles. The van der Waals surface area contributed by atoms with Gasteiger partial charge in [0.25, 0.3) is 0 Å². The predicted molar refractivity (Wildman–Crippen MR) is 62.8 cm³/mol. The molecule has 1 aromatic rings. The zero-order valence-corrected chi connectivity index (χ0v) is 9.90. The summed E-state index contributed by atoms with van der Waals surface area (Å²) in [6.45, 7) is 4.49. The first-order chi connectivity index (χ1) is 7.20. The normalized spacial score (nSPS) is 20.7. The van der Waals surface area contributed by atoms with Crippen molar-refractivity contribution in [2.75, 3.05) is 7.05 Å². The van der Waals surface area contributed by atoms with E-state index in [1.54, 1.807) is 0 Å². The van der Waals surface area contributed by atoms with Gasteiger partial charge < -0.3 is 0 Å². The molecule has 0 spiro atoms. The molecule has 0 amide bonds. The third-order valence-corrected chi connectivity index (χ3v) is 3.47. The number of rotatable bonds is 2. The maximum atomic E-state index is 4.56. The van der Waals surface area contributed by atoms with Gasteiger partial charge in [-0.3, -0.25) is 9.88 Å². The lowest BCUT2D eigenvalue weighted by Crippen LogP contribution is -2.33. The van der Waals surface area contributed by atoms with E-state index < -0.39 is 0 Å². The first-order valence-electron chi connectivity index (χ1n) is 5.86. The van der Waals surface area contributed by atoms with Crippen LogP contribution in [0.3, 0.4) is 0 Å². The zero-order valence-electron chi connectivity index (χ0n) is 9.90. The van der Waals surface area contributed by atoms with Gasteiger partial charge in [-0.25, -0.2) is 0 Å². The van der Waals surface area contributed by atoms with Crippen LogP contribution in [0.1, 0.15) is 44.0 Å². The second-order valence-corrected chi connectivity index (χ2v) is 4.72. The van der Waals surface area contributed by atoms with Crippen LogP contribution in [0, 0.1) is 0 Å². The fourth-order valence-corrected chi connectivity index (χ4v) is 2.34. The van der Waals surface area contributed by atoms with E-state index in [1.165, 1.54) is 30.5 Å². The quantitative estimate of drug-likeness (QED) is 0.736. The Morgan fingerprint density at radius 3 is 3.00 bits per heavy atom. The van der Waals surface area contributed by atoms with Crippen LogP contribution in [0.5, 0.6) is 0 Å². The van der Waals surface area contributed by atoms with Gasteiger partial charge in [0.05, 0.1) is 11.7 Å². The molecule has 0 bridgehead atoms. The highest BCUT2D eigenvalue weighted by Gasteiger charge is 2.25. The first-order valence-corrected chi connectivity index (χ1v) is 5.86. The number of hydrogen-bond acceptors (Lipinski definition) is 2. The summed E-state index contributed by atoms with van der Waals surface area (Å²) in [5.41, 5.74) is 2.75. The number of fused-ring (bicyclic) bond motifs is 1. The molecule has 1 aliphatic carbocycles. The minimum absolute atomic E-state index is 0.523. The minimum atomic E-state index is 0.523. The lowest BCUT2D eigenvalue weighted by molar-refractivity contribution is 0.174. The van der Waals surface area contributed by atoms with Gasteiger partial charge >= 0.3 is 0 Å². The Kier molecular flexibility index (Phi) is 3.06. The summed E-state index contributed by atoms with van der Waals surface area (Å²) in [4.78, 5) is 7.00. The summed E-state index contributed by atoms with van der Waals surface area (Å²) < 4.78 is 0. The Morgan fingerprint density at radius 2 is 2.27 bits per heavy atom. The molecule has 1 aromatic heterocycles. The Balaban J connectivity index is 2.29. The molecule has 1 heterocycles. The van der Waals surface area contributed by atoms with E-state index in [2.05, 4.69) is 42.9 Å². The van der Waals surface area contributed by atoms with Crippen molar-refractivity contribution in [1.82, 2.24) is 9.88 Å². The molecule has 0 saturated heterocycles. The van der Waals surface area contributed by atoms with Gasteiger partial charge in [0.15, 0.2) is 0 Å². The van der Waals surface area contributed by atoms with E-state index in [4.69, 9.17) is 0 Å². The van der Waals surface area contributed by atoms with Gasteiger partial charge in [-0.2, -0.15) is 0 Å². The van der Waals surface area contributed by atoms with Crippen LogP contribution in [-0.2, 0) is 6.42 Å². The second-order valence-electron chi connectivity index (χ2n) is 4.72. The molecular weight excluding hydrogens is 184 g/mol. The molecule has 0 aliphatic heterocycles. The highest BCUT2D eigenvalue weighted by molar-refractivity contribution is 5.25. The molecule has 0 aromatic carbocycles. The van der Waals surface area contributed by atoms with Crippen LogP contribution in [-0.4, -0.2) is 23.0 Å². The second kappa shape index (κ2) is 4.31. The van der Waals surface area contributed by atoms with Gasteiger partial charge in [0.2, 0.25) is 0 Å². The Hall–Kier alpha value is -0.890. The molecule has 2 rings (SSSR count). The maximum absolute atomic E-state index is 4.56. The molecule has 1 atom stereocenters. The molecule has 0 radical (unpaired) electrons. The molecule has 82 valence electrons. The fraction of sp³-hybridized carbons (Fsp3) is 0.615. The van der Waals surface area contributed by atoms with Crippen molar-refractivity contribution in [3.63, 3.8) is 0 Å². The molecule has 1 unspecified atom stereocenters. The average Bonchev–Trinajstić information content (AvgIpc) is 2.27. The lowest BCUT2D eigenvalue weighted by Gasteiger charge is -2.34. The standard InChI is InChI=1S/C13H20N2/c1-10(2)15(3)12-8-4-6-11-7-5-9-14-13(11)12/h5,7,9-10,12H,4,6,8H2,1-3H3. The van der Waals surface area contributed by atoms with Crippen molar-refractivity contribution >= 4 is 0 Å². The first kappa shape index (κ1) is 10.6. The highest BCUT2D eigenvalue weighted by Crippen LogP contribution is 2.32. The fourth-order valence-electron chi connectivity index (χ4n) is 2.34. The van der Waals surface area contributed by atoms with Crippen molar-refractivity contribution in [2.24, 2.45) is 0 Å². The van der Waals surface area contributed by atoms with Crippen LogP contribution in [0.2, 0.25) is 0 Å². The summed E-state index contributed by atoms with van der Waals surface area (Å²) >= 11 is 0. The topological polar surface area (TPSA) is 16.1 Å². The van der Waals surface area contributed by atoms with Crippen LogP contribution in [0.15, 0.2) is 18.3 Å². The van der Waals surface area contributed by atoms with E-state index in [0.717, 1.165) is 0 Å². The van der Waals surface area contributed by atoms with E-state index in [9.17, 15) is 0 Å². The summed E-state index contributed by atoms with van der Waals surface area (Å²) in [5.74, 6) is 0. The Bertz CT molecular complexity index is 333. The molecule has 1 aliphatic rings. The highest BCUT2D eigenvalue weighted by atomic mass is 15.2. The summed E-state index contributed by atoms with van der Waals surface area (Å²) in [5, 5.41) is 0. The summed E-state index contributed by atoms with van der Waals surface area (Å²) in [6.07, 6.45) is 5.66. The number of aromatic nitrogens is 1. The molecule has 2 heteroatoms. The van der Waals surface area contributed by atoms with E-state index in [-0.39, 0.29) is 0 Å². The average molecular weight is 204 g/mol. The van der Waals surface area contributed by atoms with E-state index in [1.807, 2.05) is 6.20 Å². The van der Waals surface area contributed by atoms with Crippen molar-refractivity contribution in [3.05, 3.63) is 29.6 Å². The summed E-state index contributed by atoms with van der Waals surface area (Å²) in [6, 6.07) is 5.39. The Morgan fingerprint density at radius 1 is 1.47 bits per heavy atom. The number of hydrogen-bond donors (Lipinski definition) is 0. The third-order valence-electron chi connectivity index (χ3n) is 3.47. The molecule has 0 N–H and O–H groups in total. The Labute approximate surface area is 92.3 Å². The predicted octanol–water partition coefficient (Wildman–Crippen LogP) is 2.80. The monoisotopic (exact) mass is 204 g/mol. The number of aryl methyl sites for hydroxylation is 1. The van der Waals surface area contributed by atoms with Gasteiger partial charge in [-0.1, -0.05) is 6.07 Å². The van der Waals surface area contributed by atoms with Crippen molar-refractivity contribution in [3.8, 4) is 0 Å². The van der Waals surface area contributed by atoms with Gasteiger partial charge in [0.1, 0.15) is 0 Å². The van der Waals surface area contributed by atoms with Crippen LogP contribution < -0.4 is 0 Å². The van der Waals surface area contributed by atoms with Crippen LogP contribution in [0.25, 0.3) is 0 Å². The van der Waals surface area contributed by atoms with E-state index >= 15 is 0 Å². The maximum Gasteiger partial charge on any atom is 0.0607 e. The molecular formula is C13H20N2.